The van der Waals surface area contributed by atoms with E-state index in [0.29, 0.717) is 0 Å². The Hall–Kier alpha value is -2.16. The van der Waals surface area contributed by atoms with Crippen LogP contribution in [-0.2, 0) is 30.3 Å². The highest BCUT2D eigenvalue weighted by atomic mass is 16.6. The fourth-order valence-corrected chi connectivity index (χ4v) is 2.94. The summed E-state index contributed by atoms with van der Waals surface area (Å²) in [6.07, 6.45) is -1.89. The van der Waals surface area contributed by atoms with Crippen molar-refractivity contribution in [1.29, 1.82) is 0 Å². The van der Waals surface area contributed by atoms with Crippen molar-refractivity contribution in [2.45, 2.75) is 57.8 Å². The fraction of sp³-hybridized carbons (Fsp3) is 0.600. The minimum atomic E-state index is -1.10. The van der Waals surface area contributed by atoms with Gasteiger partial charge >= 0.3 is 12.1 Å². The normalized spacial score (nSPS) is 20.7. The number of rotatable bonds is 7. The number of aliphatic hydroxyl groups excluding tert-OH is 1. The monoisotopic (exact) mass is 395 g/mol. The lowest BCUT2D eigenvalue weighted by atomic mass is 10.2. The van der Waals surface area contributed by atoms with E-state index in [0.717, 1.165) is 5.56 Å². The van der Waals surface area contributed by atoms with Gasteiger partial charge < -0.3 is 24.1 Å². The second kappa shape index (κ2) is 9.86. The van der Waals surface area contributed by atoms with Crippen LogP contribution in [0, 0.1) is 0 Å². The molecule has 0 saturated carbocycles. The Morgan fingerprint density at radius 1 is 1.25 bits per heavy atom. The fourth-order valence-electron chi connectivity index (χ4n) is 2.94. The Morgan fingerprint density at radius 3 is 2.54 bits per heavy atom. The maximum absolute atomic E-state index is 12.5. The Kier molecular flexibility index (Phi) is 7.79. The van der Waals surface area contributed by atoms with E-state index in [2.05, 4.69) is 0 Å². The average Bonchev–Trinajstić information content (AvgIpc) is 3.08. The molecule has 1 aromatic carbocycles. The molecule has 0 spiro atoms. The second-order valence-corrected chi connectivity index (χ2v) is 7.61. The van der Waals surface area contributed by atoms with Crippen LogP contribution in [0.1, 0.15) is 32.8 Å². The van der Waals surface area contributed by atoms with Crippen molar-refractivity contribution in [1.82, 2.24) is 4.90 Å². The van der Waals surface area contributed by atoms with Gasteiger partial charge in [0.2, 0.25) is 0 Å². The third-order valence-electron chi connectivity index (χ3n) is 4.14. The molecule has 1 heterocycles. The molecule has 1 N–H and O–H groups in total. The van der Waals surface area contributed by atoms with E-state index in [4.69, 9.17) is 18.9 Å². The lowest BCUT2D eigenvalue weighted by Crippen LogP contribution is -2.41. The molecular weight excluding hydrogens is 366 g/mol. The molecule has 1 aliphatic rings. The summed E-state index contributed by atoms with van der Waals surface area (Å²) in [5, 5.41) is 9.91. The van der Waals surface area contributed by atoms with Crippen molar-refractivity contribution in [3.05, 3.63) is 35.9 Å². The standard InChI is InChI=1S/C20H29NO7/c1-20(2,3)28-17(22)13-26-15-10-16(18(23)25-4)21(11-15)19(24)27-12-14-8-6-5-7-9-14/h5-9,15-17,22H,10-13H2,1-4H3/t15-,16+,17?/m1/s1. The van der Waals surface area contributed by atoms with E-state index < -0.39 is 36.1 Å². The molecule has 2 rings (SSSR count). The third kappa shape index (κ3) is 6.78. The lowest BCUT2D eigenvalue weighted by molar-refractivity contribution is -0.196. The number of hydrogen-bond donors (Lipinski definition) is 1. The smallest absolute Gasteiger partial charge is 0.410 e. The van der Waals surface area contributed by atoms with Gasteiger partial charge in [-0.15, -0.1) is 0 Å². The minimum Gasteiger partial charge on any atom is -0.467 e. The molecule has 0 aliphatic carbocycles. The summed E-state index contributed by atoms with van der Waals surface area (Å²) in [6, 6.07) is 8.48. The Bertz CT molecular complexity index is 644. The van der Waals surface area contributed by atoms with Crippen LogP contribution in [-0.4, -0.2) is 66.4 Å². The van der Waals surface area contributed by atoms with Crippen LogP contribution in [0.4, 0.5) is 4.79 Å². The molecule has 8 heteroatoms. The maximum atomic E-state index is 12.5. The van der Waals surface area contributed by atoms with Gasteiger partial charge in [0.05, 0.1) is 32.0 Å². The molecule has 1 unspecified atom stereocenters. The quantitative estimate of drug-likeness (QED) is 0.558. The average molecular weight is 395 g/mol. The van der Waals surface area contributed by atoms with Gasteiger partial charge in [-0.3, -0.25) is 4.90 Å². The Morgan fingerprint density at radius 2 is 1.93 bits per heavy atom. The van der Waals surface area contributed by atoms with Crippen molar-refractivity contribution >= 4 is 12.1 Å². The highest BCUT2D eigenvalue weighted by Crippen LogP contribution is 2.23. The van der Waals surface area contributed by atoms with E-state index >= 15 is 0 Å². The number of aliphatic hydroxyl groups is 1. The predicted octanol–water partition coefficient (Wildman–Crippen LogP) is 2.09. The van der Waals surface area contributed by atoms with Gasteiger partial charge in [-0.05, 0) is 26.3 Å². The van der Waals surface area contributed by atoms with Gasteiger partial charge in [-0.2, -0.15) is 0 Å². The number of carbonyl (C=O) groups excluding carboxylic acids is 2. The molecular formula is C20H29NO7. The lowest BCUT2D eigenvalue weighted by Gasteiger charge is -2.24. The summed E-state index contributed by atoms with van der Waals surface area (Å²) < 4.78 is 21.2. The largest absolute Gasteiger partial charge is 0.467 e. The highest BCUT2D eigenvalue weighted by Gasteiger charge is 2.42. The van der Waals surface area contributed by atoms with E-state index in [1.807, 2.05) is 51.1 Å². The number of benzene rings is 1. The van der Waals surface area contributed by atoms with Crippen LogP contribution in [0.15, 0.2) is 30.3 Å². The molecule has 8 nitrogen and oxygen atoms in total. The Balaban J connectivity index is 1.92. The molecule has 3 atom stereocenters. The van der Waals surface area contributed by atoms with Gasteiger partial charge in [0.1, 0.15) is 12.6 Å². The maximum Gasteiger partial charge on any atom is 0.410 e. The molecule has 156 valence electrons. The molecule has 1 saturated heterocycles. The zero-order valence-corrected chi connectivity index (χ0v) is 16.8. The minimum absolute atomic E-state index is 0.0667. The van der Waals surface area contributed by atoms with Crippen LogP contribution < -0.4 is 0 Å². The zero-order valence-electron chi connectivity index (χ0n) is 16.8. The molecule has 0 aromatic heterocycles. The van der Waals surface area contributed by atoms with Crippen molar-refractivity contribution < 1.29 is 33.6 Å². The SMILES string of the molecule is COC(=O)[C@@H]1C[C@@H](OCC(O)OC(C)(C)C)CN1C(=O)OCc1ccccc1. The van der Waals surface area contributed by atoms with E-state index in [-0.39, 0.29) is 26.2 Å². The van der Waals surface area contributed by atoms with Crippen molar-refractivity contribution in [2.75, 3.05) is 20.3 Å². The first kappa shape index (κ1) is 22.1. The van der Waals surface area contributed by atoms with Crippen LogP contribution in [0.2, 0.25) is 0 Å². The van der Waals surface area contributed by atoms with Crippen LogP contribution >= 0.6 is 0 Å². The van der Waals surface area contributed by atoms with Crippen molar-refractivity contribution in [2.24, 2.45) is 0 Å². The Labute approximate surface area is 165 Å². The van der Waals surface area contributed by atoms with E-state index in [1.54, 1.807) is 0 Å². The van der Waals surface area contributed by atoms with Crippen LogP contribution in [0.3, 0.4) is 0 Å². The molecule has 1 aromatic rings. The van der Waals surface area contributed by atoms with Crippen LogP contribution in [0.25, 0.3) is 0 Å². The van der Waals surface area contributed by atoms with E-state index in [1.165, 1.54) is 12.0 Å². The molecule has 1 fully saturated rings. The molecule has 0 radical (unpaired) electrons. The summed E-state index contributed by atoms with van der Waals surface area (Å²) in [6.45, 7) is 5.67. The first-order chi connectivity index (χ1) is 13.2. The number of ether oxygens (including phenoxy) is 4. The summed E-state index contributed by atoms with van der Waals surface area (Å²) in [5.74, 6) is -0.533. The van der Waals surface area contributed by atoms with Gasteiger partial charge in [0.15, 0.2) is 6.29 Å². The summed E-state index contributed by atoms with van der Waals surface area (Å²) in [4.78, 5) is 25.9. The van der Waals surface area contributed by atoms with Crippen LogP contribution in [0.5, 0.6) is 0 Å². The highest BCUT2D eigenvalue weighted by molar-refractivity contribution is 5.82. The number of nitrogens with zero attached hydrogens (tertiary/aromatic N) is 1. The number of hydrogen-bond acceptors (Lipinski definition) is 7. The van der Waals surface area contributed by atoms with Crippen molar-refractivity contribution in [3.8, 4) is 0 Å². The first-order valence-electron chi connectivity index (χ1n) is 9.22. The zero-order chi connectivity index (χ0) is 20.7. The van der Waals surface area contributed by atoms with Crippen molar-refractivity contribution in [3.63, 3.8) is 0 Å². The summed E-state index contributed by atoms with van der Waals surface area (Å²) >= 11 is 0. The second-order valence-electron chi connectivity index (χ2n) is 7.61. The number of likely N-dealkylation sites (tertiary alicyclic amines) is 1. The predicted molar refractivity (Wildman–Crippen MR) is 100 cm³/mol. The first-order valence-corrected chi connectivity index (χ1v) is 9.22. The number of methoxy groups -OCH3 is 1. The third-order valence-corrected chi connectivity index (χ3v) is 4.14. The molecule has 0 bridgehead atoms. The summed E-state index contributed by atoms with van der Waals surface area (Å²) in [5.41, 5.74) is 0.334. The van der Waals surface area contributed by atoms with Gasteiger partial charge in [-0.1, -0.05) is 30.3 Å². The van der Waals surface area contributed by atoms with Gasteiger partial charge in [-0.25, -0.2) is 9.59 Å². The van der Waals surface area contributed by atoms with E-state index in [9.17, 15) is 14.7 Å². The molecule has 1 amide bonds. The molecule has 1 aliphatic heterocycles. The van der Waals surface area contributed by atoms with Gasteiger partial charge in [0, 0.05) is 6.42 Å². The number of carbonyl (C=O) groups is 2. The topological polar surface area (TPSA) is 94.5 Å². The number of esters is 1. The molecule has 28 heavy (non-hydrogen) atoms. The summed E-state index contributed by atoms with van der Waals surface area (Å²) in [7, 11) is 1.27. The number of amides is 1. The van der Waals surface area contributed by atoms with Gasteiger partial charge in [0.25, 0.3) is 0 Å².